The zero-order valence-electron chi connectivity index (χ0n) is 11.6. The second kappa shape index (κ2) is 6.17. The third kappa shape index (κ3) is 2.60. The molecule has 1 aromatic rings. The van der Waals surface area contributed by atoms with Gasteiger partial charge in [-0.05, 0) is 17.7 Å². The van der Waals surface area contributed by atoms with Crippen LogP contribution in [0.3, 0.4) is 0 Å². The first-order valence-electron chi connectivity index (χ1n) is 6.21. The van der Waals surface area contributed by atoms with Crippen LogP contribution in [-0.4, -0.2) is 38.2 Å². The molecular formula is C14H18BrN3O2. The van der Waals surface area contributed by atoms with Crippen LogP contribution in [0.2, 0.25) is 0 Å². The van der Waals surface area contributed by atoms with E-state index in [1.165, 1.54) is 0 Å². The summed E-state index contributed by atoms with van der Waals surface area (Å²) in [4.78, 5) is 6.33. The predicted octanol–water partition coefficient (Wildman–Crippen LogP) is 2.32. The molecule has 0 saturated carbocycles. The third-order valence-electron chi connectivity index (χ3n) is 3.28. The van der Waals surface area contributed by atoms with Gasteiger partial charge in [0.1, 0.15) is 0 Å². The Morgan fingerprint density at radius 3 is 2.70 bits per heavy atom. The number of benzene rings is 1. The number of methoxy groups -OCH3 is 2. The fourth-order valence-corrected chi connectivity index (χ4v) is 2.87. The molecule has 20 heavy (non-hydrogen) atoms. The van der Waals surface area contributed by atoms with Gasteiger partial charge in [0.25, 0.3) is 0 Å². The van der Waals surface area contributed by atoms with Gasteiger partial charge in [-0.15, -0.1) is 6.58 Å². The topological polar surface area (TPSA) is 60.1 Å². The Bertz CT molecular complexity index is 545. The average Bonchev–Trinajstić information content (AvgIpc) is 2.80. The Morgan fingerprint density at radius 1 is 1.45 bits per heavy atom. The number of rotatable bonds is 5. The van der Waals surface area contributed by atoms with Crippen LogP contribution in [0, 0.1) is 0 Å². The van der Waals surface area contributed by atoms with Gasteiger partial charge in [0.15, 0.2) is 17.5 Å². The summed E-state index contributed by atoms with van der Waals surface area (Å²) in [5.74, 6) is 1.91. The predicted molar refractivity (Wildman–Crippen MR) is 83.4 cm³/mol. The summed E-state index contributed by atoms with van der Waals surface area (Å²) in [5.41, 5.74) is 6.99. The van der Waals surface area contributed by atoms with Crippen molar-refractivity contribution in [3.05, 3.63) is 34.8 Å². The maximum Gasteiger partial charge on any atom is 0.192 e. The first kappa shape index (κ1) is 14.7. The molecule has 1 atom stereocenters. The highest BCUT2D eigenvalue weighted by Gasteiger charge is 2.29. The molecule has 1 aliphatic rings. The van der Waals surface area contributed by atoms with E-state index in [0.29, 0.717) is 30.5 Å². The fraction of sp³-hybridized carbons (Fsp3) is 0.357. The lowest BCUT2D eigenvalue weighted by molar-refractivity contribution is 0.348. The first-order valence-corrected chi connectivity index (χ1v) is 7.00. The summed E-state index contributed by atoms with van der Waals surface area (Å²) in [5, 5.41) is 0. The van der Waals surface area contributed by atoms with Gasteiger partial charge in [0.2, 0.25) is 0 Å². The van der Waals surface area contributed by atoms with Gasteiger partial charge in [-0.2, -0.15) is 0 Å². The molecule has 1 unspecified atom stereocenters. The zero-order valence-corrected chi connectivity index (χ0v) is 13.2. The van der Waals surface area contributed by atoms with Gasteiger partial charge in [0, 0.05) is 11.0 Å². The number of nitrogens with two attached hydrogens (primary N) is 1. The smallest absolute Gasteiger partial charge is 0.192 e. The largest absolute Gasteiger partial charge is 0.493 e. The van der Waals surface area contributed by atoms with Crippen molar-refractivity contribution >= 4 is 21.9 Å². The van der Waals surface area contributed by atoms with Gasteiger partial charge < -0.3 is 20.1 Å². The number of nitrogens with zero attached hydrogens (tertiary/aromatic N) is 2. The van der Waals surface area contributed by atoms with Crippen LogP contribution >= 0.6 is 15.9 Å². The molecule has 0 aromatic heterocycles. The molecule has 0 saturated heterocycles. The molecule has 6 heteroatoms. The van der Waals surface area contributed by atoms with Crippen molar-refractivity contribution in [2.75, 3.05) is 27.3 Å². The number of hydrogen-bond donors (Lipinski definition) is 1. The highest BCUT2D eigenvalue weighted by Crippen LogP contribution is 2.38. The number of ether oxygens (including phenoxy) is 2. The van der Waals surface area contributed by atoms with Crippen LogP contribution in [0.25, 0.3) is 0 Å². The molecule has 0 bridgehead atoms. The SMILES string of the molecule is C=CCN1C(N)=NCC1c1cc(OC)c(OC)cc1Br. The van der Waals surface area contributed by atoms with Crippen LogP contribution in [0.15, 0.2) is 34.3 Å². The summed E-state index contributed by atoms with van der Waals surface area (Å²) < 4.78 is 11.6. The van der Waals surface area contributed by atoms with Crippen molar-refractivity contribution in [2.45, 2.75) is 6.04 Å². The Kier molecular flexibility index (Phi) is 4.54. The van der Waals surface area contributed by atoms with Crippen molar-refractivity contribution in [3.63, 3.8) is 0 Å². The van der Waals surface area contributed by atoms with Crippen LogP contribution in [-0.2, 0) is 0 Å². The lowest BCUT2D eigenvalue weighted by Crippen LogP contribution is -2.36. The second-order valence-electron chi connectivity index (χ2n) is 4.38. The van der Waals surface area contributed by atoms with Crippen LogP contribution in [0.5, 0.6) is 11.5 Å². The molecule has 0 spiro atoms. The quantitative estimate of drug-likeness (QED) is 0.836. The van der Waals surface area contributed by atoms with Crippen LogP contribution < -0.4 is 15.2 Å². The van der Waals surface area contributed by atoms with E-state index in [0.717, 1.165) is 10.0 Å². The minimum Gasteiger partial charge on any atom is -0.493 e. The molecule has 2 N–H and O–H groups in total. The van der Waals surface area contributed by atoms with Crippen molar-refractivity contribution in [1.82, 2.24) is 4.90 Å². The Morgan fingerprint density at radius 2 is 2.10 bits per heavy atom. The van der Waals surface area contributed by atoms with E-state index in [4.69, 9.17) is 15.2 Å². The van der Waals surface area contributed by atoms with Crippen molar-refractivity contribution in [2.24, 2.45) is 10.7 Å². The standard InChI is InChI=1S/C14H18BrN3O2/c1-4-5-18-11(8-17-14(18)16)9-6-12(19-2)13(20-3)7-10(9)15/h4,6-7,11H,1,5,8H2,2-3H3,(H2,16,17). The molecule has 0 fully saturated rings. The summed E-state index contributed by atoms with van der Waals surface area (Å²) in [7, 11) is 3.24. The van der Waals surface area contributed by atoms with Crippen molar-refractivity contribution in [1.29, 1.82) is 0 Å². The molecule has 1 aromatic carbocycles. The molecule has 1 aliphatic heterocycles. The molecule has 5 nitrogen and oxygen atoms in total. The summed E-state index contributed by atoms with van der Waals surface area (Å²) in [6.45, 7) is 5.03. The highest BCUT2D eigenvalue weighted by atomic mass is 79.9. The second-order valence-corrected chi connectivity index (χ2v) is 5.24. The van der Waals surface area contributed by atoms with E-state index in [2.05, 4.69) is 27.5 Å². The maximum absolute atomic E-state index is 5.93. The highest BCUT2D eigenvalue weighted by molar-refractivity contribution is 9.10. The molecule has 1 heterocycles. The number of aliphatic imine (C=N–C) groups is 1. The minimum atomic E-state index is 0.0715. The normalized spacial score (nSPS) is 17.9. The van der Waals surface area contributed by atoms with Gasteiger partial charge >= 0.3 is 0 Å². The van der Waals surface area contributed by atoms with Crippen molar-refractivity contribution < 1.29 is 9.47 Å². The Hall–Kier alpha value is -1.69. The maximum atomic E-state index is 5.93. The van der Waals surface area contributed by atoms with E-state index in [-0.39, 0.29) is 6.04 Å². The molecule has 108 valence electrons. The van der Waals surface area contributed by atoms with E-state index >= 15 is 0 Å². The summed E-state index contributed by atoms with van der Waals surface area (Å²) in [6.07, 6.45) is 1.81. The Labute approximate surface area is 127 Å². The molecular weight excluding hydrogens is 322 g/mol. The van der Waals surface area contributed by atoms with Gasteiger partial charge in [-0.25, -0.2) is 0 Å². The van der Waals surface area contributed by atoms with E-state index in [9.17, 15) is 0 Å². The average molecular weight is 340 g/mol. The summed E-state index contributed by atoms with van der Waals surface area (Å²) in [6, 6.07) is 3.93. The molecule has 0 amide bonds. The number of hydrogen-bond acceptors (Lipinski definition) is 5. The van der Waals surface area contributed by atoms with Gasteiger partial charge in [0.05, 0.1) is 26.8 Å². The number of halogens is 1. The third-order valence-corrected chi connectivity index (χ3v) is 3.97. The molecule has 0 aliphatic carbocycles. The lowest BCUT2D eigenvalue weighted by atomic mass is 10.1. The Balaban J connectivity index is 2.40. The summed E-state index contributed by atoms with van der Waals surface area (Å²) >= 11 is 3.58. The van der Waals surface area contributed by atoms with Crippen molar-refractivity contribution in [3.8, 4) is 11.5 Å². The van der Waals surface area contributed by atoms with Crippen LogP contribution in [0.1, 0.15) is 11.6 Å². The zero-order chi connectivity index (χ0) is 14.7. The van der Waals surface area contributed by atoms with E-state index in [1.807, 2.05) is 23.1 Å². The minimum absolute atomic E-state index is 0.0715. The van der Waals surface area contributed by atoms with E-state index < -0.39 is 0 Å². The molecule has 0 radical (unpaired) electrons. The monoisotopic (exact) mass is 339 g/mol. The van der Waals surface area contributed by atoms with Crippen LogP contribution in [0.4, 0.5) is 0 Å². The van der Waals surface area contributed by atoms with E-state index in [1.54, 1.807) is 14.2 Å². The number of guanidine groups is 1. The van der Waals surface area contributed by atoms with Gasteiger partial charge in [-0.1, -0.05) is 22.0 Å². The lowest BCUT2D eigenvalue weighted by Gasteiger charge is -2.26. The fourth-order valence-electron chi connectivity index (χ4n) is 2.28. The first-order chi connectivity index (χ1) is 9.62. The van der Waals surface area contributed by atoms with Gasteiger partial charge in [-0.3, -0.25) is 4.99 Å². The molecule has 2 rings (SSSR count).